The highest BCUT2D eigenvalue weighted by Gasteiger charge is 2.57. The highest BCUT2D eigenvalue weighted by atomic mass is 16.3. The minimum atomic E-state index is -0.804. The molecule has 0 aromatic carbocycles. The Kier molecular flexibility index (Phi) is 3.94. The number of hydrogen-bond acceptors (Lipinski definition) is 2. The number of hydrogen-bond donors (Lipinski definition) is 2. The fourth-order valence-electron chi connectivity index (χ4n) is 4.77. The van der Waals surface area contributed by atoms with Crippen molar-refractivity contribution in [1.82, 2.24) is 0 Å². The summed E-state index contributed by atoms with van der Waals surface area (Å²) in [5, 5.41) is 21.4. The molecule has 120 valence electrons. The van der Waals surface area contributed by atoms with E-state index < -0.39 is 12.2 Å². The van der Waals surface area contributed by atoms with Crippen LogP contribution < -0.4 is 0 Å². The van der Waals surface area contributed by atoms with Gasteiger partial charge in [0.15, 0.2) is 0 Å². The van der Waals surface area contributed by atoms with Crippen LogP contribution in [-0.4, -0.2) is 22.4 Å². The van der Waals surface area contributed by atoms with Crippen LogP contribution in [0.3, 0.4) is 0 Å². The Morgan fingerprint density at radius 3 is 2.68 bits per heavy atom. The van der Waals surface area contributed by atoms with Gasteiger partial charge in [-0.2, -0.15) is 0 Å². The molecule has 2 saturated carbocycles. The molecule has 2 heteroatoms. The Hall–Kier alpha value is -1.12. The van der Waals surface area contributed by atoms with Gasteiger partial charge >= 0.3 is 0 Å². The fraction of sp³-hybridized carbons (Fsp3) is 0.600. The van der Waals surface area contributed by atoms with Crippen LogP contribution >= 0.6 is 0 Å². The molecule has 6 atom stereocenters. The molecule has 2 fully saturated rings. The highest BCUT2D eigenvalue weighted by molar-refractivity contribution is 5.44. The summed E-state index contributed by atoms with van der Waals surface area (Å²) in [6, 6.07) is 0. The zero-order valence-corrected chi connectivity index (χ0v) is 13.8. The van der Waals surface area contributed by atoms with Crippen molar-refractivity contribution in [1.29, 1.82) is 0 Å². The van der Waals surface area contributed by atoms with E-state index in [4.69, 9.17) is 0 Å². The lowest BCUT2D eigenvalue weighted by Crippen LogP contribution is -2.51. The summed E-state index contributed by atoms with van der Waals surface area (Å²) in [6.45, 7) is 12.9. The van der Waals surface area contributed by atoms with Crippen molar-refractivity contribution in [3.05, 3.63) is 48.1 Å². The molecule has 3 aliphatic rings. The van der Waals surface area contributed by atoms with Gasteiger partial charge in [0.05, 0.1) is 6.10 Å². The summed E-state index contributed by atoms with van der Waals surface area (Å²) in [4.78, 5) is 0. The Balaban J connectivity index is 2.10. The predicted octanol–water partition coefficient (Wildman–Crippen LogP) is 3.78. The molecule has 2 bridgehead atoms. The van der Waals surface area contributed by atoms with Crippen LogP contribution in [0.15, 0.2) is 48.1 Å². The molecular weight excluding hydrogens is 272 g/mol. The van der Waals surface area contributed by atoms with Gasteiger partial charge in [-0.3, -0.25) is 0 Å². The number of rotatable bonds is 0. The number of fused-ring (bicyclic) bond motifs is 1. The van der Waals surface area contributed by atoms with Gasteiger partial charge in [0.2, 0.25) is 0 Å². The van der Waals surface area contributed by atoms with Gasteiger partial charge in [-0.1, -0.05) is 50.8 Å². The predicted molar refractivity (Wildman–Crippen MR) is 90.2 cm³/mol. The maximum atomic E-state index is 10.8. The molecule has 0 aromatic heterocycles. The minimum absolute atomic E-state index is 0.183. The monoisotopic (exact) mass is 300 g/mol. The van der Waals surface area contributed by atoms with Gasteiger partial charge < -0.3 is 10.2 Å². The quantitative estimate of drug-likeness (QED) is 0.715. The van der Waals surface area contributed by atoms with E-state index in [1.807, 2.05) is 0 Å². The van der Waals surface area contributed by atoms with Gasteiger partial charge in [0, 0.05) is 5.41 Å². The molecule has 3 rings (SSSR count). The summed E-state index contributed by atoms with van der Waals surface area (Å²) >= 11 is 0. The van der Waals surface area contributed by atoms with Crippen LogP contribution in [0.2, 0.25) is 0 Å². The molecule has 0 spiro atoms. The third kappa shape index (κ3) is 2.24. The Labute approximate surface area is 133 Å². The summed E-state index contributed by atoms with van der Waals surface area (Å²) in [5.74, 6) is 1.02. The van der Waals surface area contributed by atoms with Gasteiger partial charge in [-0.15, -0.1) is 0 Å². The van der Waals surface area contributed by atoms with E-state index >= 15 is 0 Å². The first-order chi connectivity index (χ1) is 10.4. The van der Waals surface area contributed by atoms with Crippen molar-refractivity contribution in [2.24, 2.45) is 23.2 Å². The van der Waals surface area contributed by atoms with Crippen LogP contribution in [0.25, 0.3) is 0 Å². The molecule has 0 aliphatic heterocycles. The molecule has 2 nitrogen and oxygen atoms in total. The minimum Gasteiger partial charge on any atom is -0.389 e. The lowest BCUT2D eigenvalue weighted by Gasteiger charge is -2.47. The molecule has 0 heterocycles. The van der Waals surface area contributed by atoms with Crippen molar-refractivity contribution >= 4 is 0 Å². The first-order valence-electron chi connectivity index (χ1n) is 8.47. The van der Waals surface area contributed by atoms with Crippen LogP contribution in [0, 0.1) is 23.2 Å². The second-order valence-corrected chi connectivity index (χ2v) is 7.76. The number of allylic oxidation sites excluding steroid dienone is 4. The van der Waals surface area contributed by atoms with E-state index in [9.17, 15) is 10.2 Å². The number of aliphatic hydroxyl groups excluding tert-OH is 2. The third-order valence-electron chi connectivity index (χ3n) is 6.23. The second kappa shape index (κ2) is 5.50. The molecule has 0 amide bonds. The summed E-state index contributed by atoms with van der Waals surface area (Å²) in [6.07, 6.45) is 8.83. The number of aliphatic hydroxyl groups is 2. The van der Waals surface area contributed by atoms with Crippen molar-refractivity contribution in [2.45, 2.75) is 51.7 Å². The lowest BCUT2D eigenvalue weighted by molar-refractivity contribution is -0.0697. The molecule has 22 heavy (non-hydrogen) atoms. The Bertz CT molecular complexity index is 556. The SMILES string of the molecule is C=C1/C2=C/C[C@@H](C)C/C=C/C(=C)[C@@H]3CC[C@@](C)([C@H]13)[C@@H](O)[C@@H]2O. The van der Waals surface area contributed by atoms with Gasteiger partial charge in [-0.05, 0) is 54.6 Å². The molecule has 0 aromatic rings. The van der Waals surface area contributed by atoms with E-state index in [-0.39, 0.29) is 11.3 Å². The topological polar surface area (TPSA) is 40.5 Å². The van der Waals surface area contributed by atoms with Crippen molar-refractivity contribution in [2.75, 3.05) is 0 Å². The summed E-state index contributed by atoms with van der Waals surface area (Å²) in [7, 11) is 0. The Morgan fingerprint density at radius 2 is 1.95 bits per heavy atom. The normalized spacial score (nSPS) is 49.3. The van der Waals surface area contributed by atoms with Crippen LogP contribution in [0.5, 0.6) is 0 Å². The van der Waals surface area contributed by atoms with Gasteiger partial charge in [0.25, 0.3) is 0 Å². The van der Waals surface area contributed by atoms with Crippen LogP contribution in [-0.2, 0) is 0 Å². The molecule has 0 saturated heterocycles. The van der Waals surface area contributed by atoms with E-state index in [0.717, 1.165) is 42.4 Å². The zero-order chi connectivity index (χ0) is 16.1. The van der Waals surface area contributed by atoms with E-state index in [2.05, 4.69) is 45.2 Å². The smallest absolute Gasteiger partial charge is 0.105 e. The summed E-state index contributed by atoms with van der Waals surface area (Å²) in [5.41, 5.74) is 2.73. The maximum absolute atomic E-state index is 10.8. The van der Waals surface area contributed by atoms with E-state index in [1.54, 1.807) is 0 Å². The average Bonchev–Trinajstić information content (AvgIpc) is 2.83. The molecule has 3 aliphatic carbocycles. The fourth-order valence-corrected chi connectivity index (χ4v) is 4.77. The first kappa shape index (κ1) is 15.8. The lowest BCUT2D eigenvalue weighted by atomic mass is 9.60. The molecule has 2 N–H and O–H groups in total. The Morgan fingerprint density at radius 1 is 1.23 bits per heavy atom. The largest absolute Gasteiger partial charge is 0.389 e. The van der Waals surface area contributed by atoms with E-state index in [0.29, 0.717) is 11.8 Å². The zero-order valence-electron chi connectivity index (χ0n) is 13.8. The van der Waals surface area contributed by atoms with Crippen molar-refractivity contribution < 1.29 is 10.2 Å². The first-order valence-corrected chi connectivity index (χ1v) is 8.47. The third-order valence-corrected chi connectivity index (χ3v) is 6.23. The van der Waals surface area contributed by atoms with Crippen LogP contribution in [0.1, 0.15) is 39.5 Å². The van der Waals surface area contributed by atoms with Crippen molar-refractivity contribution in [3.8, 4) is 0 Å². The molecule has 0 unspecified atom stereocenters. The van der Waals surface area contributed by atoms with E-state index in [1.165, 1.54) is 0 Å². The van der Waals surface area contributed by atoms with Crippen LogP contribution in [0.4, 0.5) is 0 Å². The average molecular weight is 300 g/mol. The van der Waals surface area contributed by atoms with Gasteiger partial charge in [-0.25, -0.2) is 0 Å². The van der Waals surface area contributed by atoms with Gasteiger partial charge in [0.1, 0.15) is 6.10 Å². The standard InChI is InChI=1S/C20H28O2/c1-12-6-5-7-13(2)15-10-11-20(4)17(15)14(3)16(9-8-12)18(21)19(20)22/h5,7,9,12,15,17-19,21-22H,2-3,6,8,10-11H2,1,4H3/b7-5+,16-9-/t12-,15-,17+,18+,19-,20-/m0/s1. The second-order valence-electron chi connectivity index (χ2n) is 7.76. The van der Waals surface area contributed by atoms with Crippen molar-refractivity contribution in [3.63, 3.8) is 0 Å². The maximum Gasteiger partial charge on any atom is 0.105 e. The molecule has 0 radical (unpaired) electrons. The highest BCUT2D eigenvalue weighted by Crippen LogP contribution is 2.59. The summed E-state index contributed by atoms with van der Waals surface area (Å²) < 4.78 is 0. The molecular formula is C20H28O2.